The van der Waals surface area contributed by atoms with Gasteiger partial charge in [0.05, 0.1) is 10.9 Å². The maximum atomic E-state index is 12.6. The number of anilines is 1. The fraction of sp³-hybridized carbons (Fsp3) is 0.435. The summed E-state index contributed by atoms with van der Waals surface area (Å²) in [6.45, 7) is 10.4. The van der Waals surface area contributed by atoms with Crippen LogP contribution in [0.3, 0.4) is 0 Å². The minimum Gasteiger partial charge on any atom is -0.325 e. The Labute approximate surface area is 180 Å². The molecule has 0 fully saturated rings. The summed E-state index contributed by atoms with van der Waals surface area (Å²) in [6.07, 6.45) is 0. The molecule has 0 unspecified atom stereocenters. The second kappa shape index (κ2) is 10.2. The van der Waals surface area contributed by atoms with E-state index in [-0.39, 0.29) is 22.9 Å². The Hall–Kier alpha value is -2.22. The van der Waals surface area contributed by atoms with Crippen molar-refractivity contribution in [3.63, 3.8) is 0 Å². The van der Waals surface area contributed by atoms with Gasteiger partial charge in [0.1, 0.15) is 0 Å². The number of benzene rings is 2. The molecule has 6 nitrogen and oxygen atoms in total. The predicted octanol–water partition coefficient (Wildman–Crippen LogP) is 3.96. The lowest BCUT2D eigenvalue weighted by Crippen LogP contribution is -2.39. The molecule has 164 valence electrons. The van der Waals surface area contributed by atoms with Crippen LogP contribution in [0.15, 0.2) is 53.4 Å². The molecule has 0 aliphatic rings. The fourth-order valence-electron chi connectivity index (χ4n) is 2.98. The predicted molar refractivity (Wildman–Crippen MR) is 122 cm³/mol. The summed E-state index contributed by atoms with van der Waals surface area (Å²) in [4.78, 5) is 14.8. The first-order valence-electron chi connectivity index (χ1n) is 10.2. The number of hydrogen-bond acceptors (Lipinski definition) is 4. The molecule has 2 aromatic rings. The van der Waals surface area contributed by atoms with Gasteiger partial charge in [0, 0.05) is 18.3 Å². The molecule has 0 saturated carbocycles. The minimum absolute atomic E-state index is 0.146. The molecular formula is C23H33N3O3S. The number of carbonyl (C=O) groups excluding carboxylic acids is 1. The Morgan fingerprint density at radius 2 is 1.50 bits per heavy atom. The third-order valence-corrected chi connectivity index (χ3v) is 6.62. The number of nitrogens with one attached hydrogen (secondary N) is 2. The van der Waals surface area contributed by atoms with Crippen molar-refractivity contribution in [1.82, 2.24) is 9.62 Å². The SMILES string of the molecule is CC(C)NS(=O)(=O)c1ccc(NC(=O)[C@H](C)N(C)Cc2ccc(C(C)C)cc2)cc1. The number of rotatable bonds is 9. The molecule has 2 N–H and O–H groups in total. The molecule has 0 saturated heterocycles. The van der Waals surface area contributed by atoms with E-state index >= 15 is 0 Å². The summed E-state index contributed by atoms with van der Waals surface area (Å²) in [5.41, 5.74) is 3.00. The first-order chi connectivity index (χ1) is 14.0. The highest BCUT2D eigenvalue weighted by molar-refractivity contribution is 7.89. The molecule has 0 heterocycles. The van der Waals surface area contributed by atoms with E-state index in [0.717, 1.165) is 5.56 Å². The lowest BCUT2D eigenvalue weighted by Gasteiger charge is -2.24. The van der Waals surface area contributed by atoms with Gasteiger partial charge in [-0.2, -0.15) is 0 Å². The van der Waals surface area contributed by atoms with Gasteiger partial charge in [-0.3, -0.25) is 9.69 Å². The van der Waals surface area contributed by atoms with Crippen LogP contribution < -0.4 is 10.0 Å². The van der Waals surface area contributed by atoms with Crippen LogP contribution in [0.4, 0.5) is 5.69 Å². The van der Waals surface area contributed by atoms with Crippen LogP contribution in [0.25, 0.3) is 0 Å². The van der Waals surface area contributed by atoms with Crippen LogP contribution >= 0.6 is 0 Å². The van der Waals surface area contributed by atoms with Crippen molar-refractivity contribution in [3.05, 3.63) is 59.7 Å². The number of amides is 1. The van der Waals surface area contributed by atoms with Gasteiger partial charge in [0.25, 0.3) is 0 Å². The Bertz CT molecular complexity index is 937. The molecule has 2 aromatic carbocycles. The van der Waals surface area contributed by atoms with Crippen molar-refractivity contribution in [3.8, 4) is 0 Å². The number of hydrogen-bond donors (Lipinski definition) is 2. The van der Waals surface area contributed by atoms with Gasteiger partial charge in [-0.1, -0.05) is 38.1 Å². The van der Waals surface area contributed by atoms with Gasteiger partial charge < -0.3 is 5.32 Å². The summed E-state index contributed by atoms with van der Waals surface area (Å²) in [5.74, 6) is 0.344. The van der Waals surface area contributed by atoms with Gasteiger partial charge >= 0.3 is 0 Å². The molecule has 0 aliphatic heterocycles. The normalized spacial score (nSPS) is 13.1. The first-order valence-corrected chi connectivity index (χ1v) is 11.7. The molecule has 30 heavy (non-hydrogen) atoms. The third-order valence-electron chi connectivity index (χ3n) is 4.94. The van der Waals surface area contributed by atoms with Gasteiger partial charge in [0.15, 0.2) is 0 Å². The average molecular weight is 432 g/mol. The molecule has 1 atom stereocenters. The van der Waals surface area contributed by atoms with Gasteiger partial charge in [-0.15, -0.1) is 0 Å². The van der Waals surface area contributed by atoms with Crippen LogP contribution in [-0.2, 0) is 21.4 Å². The zero-order chi connectivity index (χ0) is 22.5. The van der Waals surface area contributed by atoms with Gasteiger partial charge in [0.2, 0.25) is 15.9 Å². The van der Waals surface area contributed by atoms with E-state index in [1.165, 1.54) is 17.7 Å². The average Bonchev–Trinajstić information content (AvgIpc) is 2.67. The highest BCUT2D eigenvalue weighted by Gasteiger charge is 2.19. The number of carbonyl (C=O) groups is 1. The quantitative estimate of drug-likeness (QED) is 0.630. The summed E-state index contributed by atoms with van der Waals surface area (Å²) in [5, 5.41) is 2.86. The van der Waals surface area contributed by atoms with E-state index in [1.807, 2.05) is 18.9 Å². The Morgan fingerprint density at radius 3 is 2.00 bits per heavy atom. The van der Waals surface area contributed by atoms with E-state index in [0.29, 0.717) is 18.2 Å². The minimum atomic E-state index is -3.55. The molecule has 0 bridgehead atoms. The molecule has 0 aromatic heterocycles. The number of nitrogens with zero attached hydrogens (tertiary/aromatic N) is 1. The van der Waals surface area contributed by atoms with Crippen molar-refractivity contribution in [2.24, 2.45) is 0 Å². The van der Waals surface area contributed by atoms with E-state index < -0.39 is 10.0 Å². The monoisotopic (exact) mass is 431 g/mol. The lowest BCUT2D eigenvalue weighted by atomic mass is 10.0. The van der Waals surface area contributed by atoms with Crippen LogP contribution in [-0.4, -0.2) is 38.4 Å². The standard InChI is InChI=1S/C23H33N3O3S/c1-16(2)20-9-7-19(8-10-20)15-26(6)18(5)23(27)24-21-11-13-22(14-12-21)30(28,29)25-17(3)4/h7-14,16-18,25H,15H2,1-6H3,(H,24,27)/t18-/m0/s1. The van der Waals surface area contributed by atoms with E-state index in [2.05, 4.69) is 48.2 Å². The second-order valence-corrected chi connectivity index (χ2v) is 9.99. The van der Waals surface area contributed by atoms with E-state index in [4.69, 9.17) is 0 Å². The first kappa shape index (κ1) is 24.1. The summed E-state index contributed by atoms with van der Waals surface area (Å²) >= 11 is 0. The molecule has 1 amide bonds. The van der Waals surface area contributed by atoms with E-state index in [1.54, 1.807) is 26.0 Å². The fourth-order valence-corrected chi connectivity index (χ4v) is 4.23. The zero-order valence-corrected chi connectivity index (χ0v) is 19.5. The van der Waals surface area contributed by atoms with Crippen molar-refractivity contribution in [2.45, 2.75) is 64.1 Å². The summed E-state index contributed by atoms with van der Waals surface area (Å²) in [6, 6.07) is 14.1. The lowest BCUT2D eigenvalue weighted by molar-refractivity contribution is -0.120. The Balaban J connectivity index is 1.97. The number of sulfonamides is 1. The molecule has 0 radical (unpaired) electrons. The molecular weight excluding hydrogens is 398 g/mol. The zero-order valence-electron chi connectivity index (χ0n) is 18.6. The maximum absolute atomic E-state index is 12.6. The molecule has 2 rings (SSSR count). The van der Waals surface area contributed by atoms with Crippen LogP contribution in [0.1, 0.15) is 51.7 Å². The van der Waals surface area contributed by atoms with E-state index in [9.17, 15) is 13.2 Å². The van der Waals surface area contributed by atoms with Crippen LogP contribution in [0.5, 0.6) is 0 Å². The molecule has 0 spiro atoms. The van der Waals surface area contributed by atoms with Crippen LogP contribution in [0, 0.1) is 0 Å². The topological polar surface area (TPSA) is 78.5 Å². The molecule has 0 aliphatic carbocycles. The second-order valence-electron chi connectivity index (χ2n) is 8.28. The van der Waals surface area contributed by atoms with Crippen molar-refractivity contribution < 1.29 is 13.2 Å². The third kappa shape index (κ3) is 6.65. The highest BCUT2D eigenvalue weighted by atomic mass is 32.2. The Kier molecular flexibility index (Phi) is 8.18. The van der Waals surface area contributed by atoms with Crippen molar-refractivity contribution >= 4 is 21.6 Å². The molecule has 7 heteroatoms. The maximum Gasteiger partial charge on any atom is 0.241 e. The smallest absolute Gasteiger partial charge is 0.241 e. The largest absolute Gasteiger partial charge is 0.325 e. The highest BCUT2D eigenvalue weighted by Crippen LogP contribution is 2.17. The van der Waals surface area contributed by atoms with Crippen molar-refractivity contribution in [1.29, 1.82) is 0 Å². The summed E-state index contributed by atoms with van der Waals surface area (Å²) < 4.78 is 26.9. The van der Waals surface area contributed by atoms with Crippen LogP contribution in [0.2, 0.25) is 0 Å². The van der Waals surface area contributed by atoms with Crippen molar-refractivity contribution in [2.75, 3.05) is 12.4 Å². The summed E-state index contributed by atoms with van der Waals surface area (Å²) in [7, 11) is -1.64. The number of likely N-dealkylation sites (N-methyl/N-ethyl adjacent to an activating group) is 1. The Morgan fingerprint density at radius 1 is 0.933 bits per heavy atom. The van der Waals surface area contributed by atoms with Gasteiger partial charge in [-0.05, 0) is 69.1 Å². The van der Waals surface area contributed by atoms with Gasteiger partial charge in [-0.25, -0.2) is 13.1 Å².